The summed E-state index contributed by atoms with van der Waals surface area (Å²) in [4.78, 5) is 24.4. The van der Waals surface area contributed by atoms with Crippen molar-refractivity contribution in [2.75, 3.05) is 10.6 Å². The summed E-state index contributed by atoms with van der Waals surface area (Å²) in [5, 5.41) is 6.01. The molecule has 4 heteroatoms. The summed E-state index contributed by atoms with van der Waals surface area (Å²) < 4.78 is 0. The number of hydrogen-bond donors (Lipinski definition) is 2. The third-order valence-electron chi connectivity index (χ3n) is 4.80. The normalized spacial score (nSPS) is 11.0. The van der Waals surface area contributed by atoms with Crippen LogP contribution in [0.4, 0.5) is 11.4 Å². The third-order valence-corrected chi connectivity index (χ3v) is 4.80. The van der Waals surface area contributed by atoms with Crippen LogP contribution in [-0.4, -0.2) is 11.8 Å². The molecule has 25 heavy (non-hydrogen) atoms. The van der Waals surface area contributed by atoms with E-state index in [1.54, 1.807) is 0 Å². The van der Waals surface area contributed by atoms with Crippen molar-refractivity contribution in [1.29, 1.82) is 0 Å². The van der Waals surface area contributed by atoms with Crippen LogP contribution in [0.25, 0.3) is 0 Å². The number of carbonyl (C=O) groups excluding carboxylic acids is 2. The fourth-order valence-electron chi connectivity index (χ4n) is 3.15. The van der Waals surface area contributed by atoms with Crippen LogP contribution in [0.15, 0.2) is 18.2 Å². The molecule has 2 amide bonds. The van der Waals surface area contributed by atoms with E-state index in [0.29, 0.717) is 12.3 Å². The first-order chi connectivity index (χ1) is 12.0. The molecule has 0 saturated carbocycles. The summed E-state index contributed by atoms with van der Waals surface area (Å²) in [6.45, 7) is 10.4. The van der Waals surface area contributed by atoms with E-state index in [4.69, 9.17) is 0 Å². The first-order valence-electron chi connectivity index (χ1n) is 9.74. The zero-order valence-electron chi connectivity index (χ0n) is 16.4. The van der Waals surface area contributed by atoms with Gasteiger partial charge in [0.2, 0.25) is 11.8 Å². The van der Waals surface area contributed by atoms with Gasteiger partial charge in [0.25, 0.3) is 0 Å². The van der Waals surface area contributed by atoms with Crippen molar-refractivity contribution in [2.24, 2.45) is 5.92 Å². The van der Waals surface area contributed by atoms with E-state index in [1.807, 2.05) is 39.0 Å². The zero-order valence-corrected chi connectivity index (χ0v) is 16.4. The average Bonchev–Trinajstić information content (AvgIpc) is 2.57. The molecule has 0 bridgehead atoms. The Morgan fingerprint density at radius 1 is 0.840 bits per heavy atom. The van der Waals surface area contributed by atoms with Crippen LogP contribution in [0.3, 0.4) is 0 Å². The second-order valence-corrected chi connectivity index (χ2v) is 6.66. The van der Waals surface area contributed by atoms with Gasteiger partial charge in [-0.15, -0.1) is 0 Å². The predicted octanol–water partition coefficient (Wildman–Crippen LogP) is 5.70. The van der Waals surface area contributed by atoms with Gasteiger partial charge < -0.3 is 10.6 Å². The van der Waals surface area contributed by atoms with E-state index in [9.17, 15) is 9.59 Å². The van der Waals surface area contributed by atoms with Crippen molar-refractivity contribution in [3.63, 3.8) is 0 Å². The fourth-order valence-corrected chi connectivity index (χ4v) is 3.15. The molecule has 0 aromatic heterocycles. The highest BCUT2D eigenvalue weighted by Crippen LogP contribution is 2.29. The Hall–Kier alpha value is -1.84. The van der Waals surface area contributed by atoms with Crippen LogP contribution in [0.1, 0.15) is 84.6 Å². The number of carbonyl (C=O) groups is 2. The lowest BCUT2D eigenvalue weighted by Crippen LogP contribution is -2.22. The van der Waals surface area contributed by atoms with E-state index in [1.165, 1.54) is 5.56 Å². The van der Waals surface area contributed by atoms with Crippen molar-refractivity contribution in [3.05, 3.63) is 23.8 Å². The fraction of sp³-hybridized carbons (Fsp3) is 0.619. The van der Waals surface area contributed by atoms with E-state index in [-0.39, 0.29) is 17.7 Å². The van der Waals surface area contributed by atoms with Gasteiger partial charge >= 0.3 is 0 Å². The van der Waals surface area contributed by atoms with E-state index in [2.05, 4.69) is 24.5 Å². The SMILES string of the molecule is CCCC(=O)Nc1cc(NC(=O)C(CC)CC)cc(C(CC)CC)c1. The van der Waals surface area contributed by atoms with Gasteiger partial charge in [0, 0.05) is 23.7 Å². The van der Waals surface area contributed by atoms with Gasteiger partial charge in [0.1, 0.15) is 0 Å². The van der Waals surface area contributed by atoms with Gasteiger partial charge in [-0.05, 0) is 61.8 Å². The highest BCUT2D eigenvalue weighted by molar-refractivity contribution is 5.95. The molecule has 0 spiro atoms. The topological polar surface area (TPSA) is 58.2 Å². The van der Waals surface area contributed by atoms with Crippen molar-refractivity contribution in [2.45, 2.75) is 79.1 Å². The van der Waals surface area contributed by atoms with Gasteiger partial charge in [-0.2, -0.15) is 0 Å². The smallest absolute Gasteiger partial charge is 0.227 e. The summed E-state index contributed by atoms with van der Waals surface area (Å²) >= 11 is 0. The molecule has 0 saturated heterocycles. The van der Waals surface area contributed by atoms with Crippen LogP contribution in [0.2, 0.25) is 0 Å². The molecule has 0 radical (unpaired) electrons. The number of benzene rings is 1. The number of rotatable bonds is 10. The molecule has 0 heterocycles. The molecule has 4 nitrogen and oxygen atoms in total. The number of hydrogen-bond acceptors (Lipinski definition) is 2. The van der Waals surface area contributed by atoms with Crippen LogP contribution in [-0.2, 0) is 9.59 Å². The monoisotopic (exact) mass is 346 g/mol. The molecule has 0 aliphatic heterocycles. The van der Waals surface area contributed by atoms with Crippen LogP contribution in [0, 0.1) is 5.92 Å². The Bertz CT molecular complexity index is 561. The van der Waals surface area contributed by atoms with Crippen molar-refractivity contribution >= 4 is 23.2 Å². The van der Waals surface area contributed by atoms with E-state index < -0.39 is 0 Å². The second-order valence-electron chi connectivity index (χ2n) is 6.66. The van der Waals surface area contributed by atoms with Gasteiger partial charge in [-0.1, -0.05) is 34.6 Å². The average molecular weight is 347 g/mol. The predicted molar refractivity (Wildman–Crippen MR) is 106 cm³/mol. The Morgan fingerprint density at radius 3 is 1.88 bits per heavy atom. The molecule has 140 valence electrons. The molecule has 1 aromatic carbocycles. The summed E-state index contributed by atoms with van der Waals surface area (Å²) in [7, 11) is 0. The van der Waals surface area contributed by atoms with Crippen LogP contribution >= 0.6 is 0 Å². The third kappa shape index (κ3) is 6.52. The summed E-state index contributed by atoms with van der Waals surface area (Å²) in [6, 6.07) is 5.95. The summed E-state index contributed by atoms with van der Waals surface area (Å²) in [6.07, 6.45) is 5.04. The molecule has 0 aliphatic carbocycles. The zero-order chi connectivity index (χ0) is 18.8. The maximum atomic E-state index is 12.4. The Balaban J connectivity index is 3.11. The quantitative estimate of drug-likeness (QED) is 0.570. The maximum absolute atomic E-state index is 12.4. The lowest BCUT2D eigenvalue weighted by Gasteiger charge is -2.18. The van der Waals surface area contributed by atoms with Gasteiger partial charge in [-0.25, -0.2) is 0 Å². The molecule has 1 rings (SSSR count). The van der Waals surface area contributed by atoms with Gasteiger partial charge in [-0.3, -0.25) is 9.59 Å². The van der Waals surface area contributed by atoms with E-state index in [0.717, 1.165) is 43.5 Å². The van der Waals surface area contributed by atoms with Crippen molar-refractivity contribution in [1.82, 2.24) is 0 Å². The lowest BCUT2D eigenvalue weighted by molar-refractivity contribution is -0.120. The van der Waals surface area contributed by atoms with Crippen molar-refractivity contribution < 1.29 is 9.59 Å². The Kier molecular flexibility index (Phi) is 9.25. The number of amides is 2. The lowest BCUT2D eigenvalue weighted by atomic mass is 9.93. The van der Waals surface area contributed by atoms with Crippen molar-refractivity contribution in [3.8, 4) is 0 Å². The first-order valence-corrected chi connectivity index (χ1v) is 9.74. The first kappa shape index (κ1) is 21.2. The largest absolute Gasteiger partial charge is 0.326 e. The molecule has 2 N–H and O–H groups in total. The molecular weight excluding hydrogens is 312 g/mol. The minimum Gasteiger partial charge on any atom is -0.326 e. The summed E-state index contributed by atoms with van der Waals surface area (Å²) in [5.41, 5.74) is 2.70. The summed E-state index contributed by atoms with van der Waals surface area (Å²) in [5.74, 6) is 0.515. The second kappa shape index (κ2) is 10.9. The highest BCUT2D eigenvalue weighted by Gasteiger charge is 2.16. The van der Waals surface area contributed by atoms with Gasteiger partial charge in [0.05, 0.1) is 0 Å². The number of nitrogens with one attached hydrogen (secondary N) is 2. The Morgan fingerprint density at radius 2 is 1.40 bits per heavy atom. The van der Waals surface area contributed by atoms with E-state index >= 15 is 0 Å². The molecular formula is C21H34N2O2. The molecule has 0 atom stereocenters. The number of anilines is 2. The minimum atomic E-state index is 0.0152. The highest BCUT2D eigenvalue weighted by atomic mass is 16.2. The standard InChI is InChI=1S/C21H34N2O2/c1-6-11-20(24)22-18-12-17(15(7-2)8-3)13-19(14-18)23-21(25)16(9-4)10-5/h12-16H,6-11H2,1-5H3,(H,22,24)(H,23,25). The molecule has 0 aliphatic rings. The molecule has 0 unspecified atom stereocenters. The molecule has 0 fully saturated rings. The Labute approximate surface area is 152 Å². The van der Waals surface area contributed by atoms with Gasteiger partial charge in [0.15, 0.2) is 0 Å². The van der Waals surface area contributed by atoms with Crippen LogP contribution in [0.5, 0.6) is 0 Å². The van der Waals surface area contributed by atoms with Crippen LogP contribution < -0.4 is 10.6 Å². The maximum Gasteiger partial charge on any atom is 0.227 e. The molecule has 1 aromatic rings. The minimum absolute atomic E-state index is 0.0152.